The van der Waals surface area contributed by atoms with Crippen molar-refractivity contribution in [3.05, 3.63) is 12.5 Å². The van der Waals surface area contributed by atoms with Gasteiger partial charge in [0.15, 0.2) is 15.5 Å². The molecule has 7 nitrogen and oxygen atoms in total. The number of aromatic nitrogens is 4. The largest absolute Gasteiger partial charge is 0.368 e. The van der Waals surface area contributed by atoms with Gasteiger partial charge in [-0.3, -0.25) is 4.68 Å². The van der Waals surface area contributed by atoms with E-state index in [0.29, 0.717) is 11.5 Å². The van der Waals surface area contributed by atoms with Crippen LogP contribution in [0.4, 0.5) is 5.82 Å². The van der Waals surface area contributed by atoms with E-state index in [-0.39, 0.29) is 6.54 Å². The Morgan fingerprint density at radius 2 is 2.05 bits per heavy atom. The quantitative estimate of drug-likeness (QED) is 0.883. The van der Waals surface area contributed by atoms with Crippen LogP contribution in [-0.4, -0.2) is 45.7 Å². The minimum absolute atomic E-state index is 0.271. The van der Waals surface area contributed by atoms with Crippen molar-refractivity contribution < 1.29 is 8.42 Å². The van der Waals surface area contributed by atoms with E-state index in [0.717, 1.165) is 5.39 Å². The summed E-state index contributed by atoms with van der Waals surface area (Å²) in [6, 6.07) is 0. The molecule has 1 N–H and O–H groups in total. The van der Waals surface area contributed by atoms with Gasteiger partial charge in [0.05, 0.1) is 16.3 Å². The van der Waals surface area contributed by atoms with Gasteiger partial charge < -0.3 is 5.32 Å². The van der Waals surface area contributed by atoms with Crippen LogP contribution >= 0.6 is 0 Å². The van der Waals surface area contributed by atoms with Gasteiger partial charge in [-0.15, -0.1) is 0 Å². The summed E-state index contributed by atoms with van der Waals surface area (Å²) >= 11 is 0. The predicted octanol–water partition coefficient (Wildman–Crippen LogP) is 0.598. The van der Waals surface area contributed by atoms with Crippen LogP contribution < -0.4 is 5.32 Å². The molecule has 0 aliphatic heterocycles. The number of hydrogen-bond donors (Lipinski definition) is 1. The average Bonchev–Trinajstić information content (AvgIpc) is 2.68. The van der Waals surface area contributed by atoms with E-state index in [2.05, 4.69) is 20.4 Å². The Labute approximate surface area is 112 Å². The van der Waals surface area contributed by atoms with E-state index in [1.807, 2.05) is 0 Å². The Morgan fingerprint density at radius 3 is 2.68 bits per heavy atom. The number of sulfone groups is 1. The molecular formula is C11H17N5O2S. The maximum Gasteiger partial charge on any atom is 0.163 e. The number of aryl methyl sites for hydroxylation is 1. The van der Waals surface area contributed by atoms with Crippen molar-refractivity contribution in [2.24, 2.45) is 7.05 Å². The summed E-state index contributed by atoms with van der Waals surface area (Å²) < 4.78 is 24.1. The summed E-state index contributed by atoms with van der Waals surface area (Å²) in [5.41, 5.74) is 0.703. The van der Waals surface area contributed by atoms with Crippen LogP contribution in [0.3, 0.4) is 0 Å². The number of hydrogen-bond acceptors (Lipinski definition) is 6. The molecule has 0 unspecified atom stereocenters. The Morgan fingerprint density at radius 1 is 1.37 bits per heavy atom. The lowest BCUT2D eigenvalue weighted by atomic mass is 10.2. The van der Waals surface area contributed by atoms with E-state index in [1.54, 1.807) is 31.8 Å². The molecule has 0 atom stereocenters. The van der Waals surface area contributed by atoms with Crippen molar-refractivity contribution in [3.63, 3.8) is 0 Å². The monoisotopic (exact) mass is 283 g/mol. The Kier molecular flexibility index (Phi) is 3.21. The van der Waals surface area contributed by atoms with Crippen LogP contribution in [0, 0.1) is 0 Å². The van der Waals surface area contributed by atoms with Gasteiger partial charge in [0.1, 0.15) is 12.1 Å². The molecule has 104 valence electrons. The minimum Gasteiger partial charge on any atom is -0.368 e. The predicted molar refractivity (Wildman–Crippen MR) is 73.7 cm³/mol. The first-order valence-corrected chi connectivity index (χ1v) is 7.68. The average molecular weight is 283 g/mol. The fourth-order valence-corrected chi connectivity index (χ4v) is 1.86. The van der Waals surface area contributed by atoms with Gasteiger partial charge in [-0.25, -0.2) is 18.4 Å². The highest BCUT2D eigenvalue weighted by molar-refractivity contribution is 7.92. The van der Waals surface area contributed by atoms with Crippen LogP contribution in [-0.2, 0) is 16.9 Å². The van der Waals surface area contributed by atoms with Crippen molar-refractivity contribution in [2.45, 2.75) is 18.6 Å². The van der Waals surface area contributed by atoms with Crippen LogP contribution in [0.15, 0.2) is 12.5 Å². The van der Waals surface area contributed by atoms with Crippen LogP contribution in [0.1, 0.15) is 13.8 Å². The number of rotatable bonds is 4. The highest BCUT2D eigenvalue weighted by Crippen LogP contribution is 2.20. The Hall–Kier alpha value is -1.70. The fourth-order valence-electron chi connectivity index (χ4n) is 1.53. The van der Waals surface area contributed by atoms with E-state index >= 15 is 0 Å². The van der Waals surface area contributed by atoms with E-state index in [9.17, 15) is 8.42 Å². The SMILES string of the molecule is Cn1ncc2c(NCC(C)(C)S(C)(=O)=O)ncnc21. The molecule has 2 aromatic heterocycles. The summed E-state index contributed by atoms with van der Waals surface area (Å²) in [5.74, 6) is 0.592. The zero-order valence-electron chi connectivity index (χ0n) is 11.4. The Bertz CT molecular complexity index is 705. The molecule has 0 aliphatic rings. The first-order chi connectivity index (χ1) is 8.72. The highest BCUT2D eigenvalue weighted by Gasteiger charge is 2.30. The van der Waals surface area contributed by atoms with Gasteiger partial charge in [0, 0.05) is 19.8 Å². The zero-order chi connectivity index (χ0) is 14.3. The summed E-state index contributed by atoms with van der Waals surface area (Å²) in [6.07, 6.45) is 4.32. The van der Waals surface area contributed by atoms with Crippen molar-refractivity contribution >= 4 is 26.7 Å². The van der Waals surface area contributed by atoms with Crippen molar-refractivity contribution in [3.8, 4) is 0 Å². The number of anilines is 1. The molecule has 0 radical (unpaired) electrons. The fraction of sp³-hybridized carbons (Fsp3) is 0.545. The molecule has 8 heteroatoms. The van der Waals surface area contributed by atoms with Gasteiger partial charge in [-0.05, 0) is 13.8 Å². The van der Waals surface area contributed by atoms with E-state index in [4.69, 9.17) is 0 Å². The van der Waals surface area contributed by atoms with Gasteiger partial charge in [0.25, 0.3) is 0 Å². The molecule has 0 amide bonds. The van der Waals surface area contributed by atoms with Crippen LogP contribution in [0.2, 0.25) is 0 Å². The molecule has 0 saturated heterocycles. The first kappa shape index (κ1) is 13.7. The lowest BCUT2D eigenvalue weighted by Crippen LogP contribution is -2.38. The lowest BCUT2D eigenvalue weighted by Gasteiger charge is -2.23. The molecule has 2 aromatic rings. The normalized spacial score (nSPS) is 12.8. The maximum absolute atomic E-state index is 11.7. The first-order valence-electron chi connectivity index (χ1n) is 5.78. The summed E-state index contributed by atoms with van der Waals surface area (Å²) in [7, 11) is -1.36. The summed E-state index contributed by atoms with van der Waals surface area (Å²) in [5, 5.41) is 7.94. The molecule has 0 aliphatic carbocycles. The standard InChI is InChI=1S/C11H17N5O2S/c1-11(2,19(4,17)18)6-12-9-8-5-15-16(3)10(8)14-7-13-9/h5,7H,6H2,1-4H3,(H,12,13,14). The number of nitrogens with zero attached hydrogens (tertiary/aromatic N) is 4. The lowest BCUT2D eigenvalue weighted by molar-refractivity contribution is 0.559. The van der Waals surface area contributed by atoms with Crippen LogP contribution in [0.5, 0.6) is 0 Å². The molecular weight excluding hydrogens is 266 g/mol. The molecule has 0 saturated carbocycles. The highest BCUT2D eigenvalue weighted by atomic mass is 32.2. The van der Waals surface area contributed by atoms with Gasteiger partial charge in [0.2, 0.25) is 0 Å². The van der Waals surface area contributed by atoms with Crippen molar-refractivity contribution in [1.82, 2.24) is 19.7 Å². The van der Waals surface area contributed by atoms with E-state index < -0.39 is 14.6 Å². The van der Waals surface area contributed by atoms with Crippen LogP contribution in [0.25, 0.3) is 11.0 Å². The number of fused-ring (bicyclic) bond motifs is 1. The van der Waals surface area contributed by atoms with E-state index in [1.165, 1.54) is 12.6 Å². The molecule has 0 aromatic carbocycles. The third kappa shape index (κ3) is 2.53. The topological polar surface area (TPSA) is 89.8 Å². The van der Waals surface area contributed by atoms with Gasteiger partial charge >= 0.3 is 0 Å². The molecule has 0 bridgehead atoms. The van der Waals surface area contributed by atoms with Crippen molar-refractivity contribution in [1.29, 1.82) is 0 Å². The zero-order valence-corrected chi connectivity index (χ0v) is 12.2. The summed E-state index contributed by atoms with van der Waals surface area (Å²) in [4.78, 5) is 8.26. The van der Waals surface area contributed by atoms with Crippen molar-refractivity contribution in [2.75, 3.05) is 18.1 Å². The second-order valence-corrected chi connectivity index (χ2v) is 7.76. The molecule has 19 heavy (non-hydrogen) atoms. The van der Waals surface area contributed by atoms with Gasteiger partial charge in [-0.1, -0.05) is 0 Å². The second-order valence-electron chi connectivity index (χ2n) is 5.11. The Balaban J connectivity index is 2.28. The molecule has 0 fully saturated rings. The molecule has 2 heterocycles. The summed E-state index contributed by atoms with van der Waals surface area (Å²) in [6.45, 7) is 3.63. The maximum atomic E-state index is 11.7. The third-order valence-electron chi connectivity index (χ3n) is 3.21. The van der Waals surface area contributed by atoms with Gasteiger partial charge in [-0.2, -0.15) is 5.10 Å². The smallest absolute Gasteiger partial charge is 0.163 e. The number of nitrogens with one attached hydrogen (secondary N) is 1. The molecule has 2 rings (SSSR count). The third-order valence-corrected chi connectivity index (χ3v) is 5.37. The molecule has 0 spiro atoms. The minimum atomic E-state index is -3.15. The second kappa shape index (κ2) is 4.44.